The molecule has 354 valence electrons. The first-order valence-electron chi connectivity index (χ1n) is 24.7. The molecule has 1 amide bonds. The number of carboxylic acids is 1. The molecule has 0 bridgehead atoms. The molecule has 0 saturated carbocycles. The van der Waals surface area contributed by atoms with Gasteiger partial charge in [0.2, 0.25) is 5.91 Å². The number of rotatable bonds is 47. The van der Waals surface area contributed by atoms with Crippen LogP contribution in [0.3, 0.4) is 0 Å². The predicted molar refractivity (Wildman–Crippen MR) is 245 cm³/mol. The van der Waals surface area contributed by atoms with Gasteiger partial charge in [0.1, 0.15) is 12.7 Å². The third kappa shape index (κ3) is 42.9. The Hall–Kier alpha value is -1.78. The number of carboxylic acid groups (broad SMARTS) is 1. The van der Waals surface area contributed by atoms with E-state index in [9.17, 15) is 34.1 Å². The van der Waals surface area contributed by atoms with Crippen LogP contribution < -0.4 is 5.32 Å². The highest BCUT2D eigenvalue weighted by atomic mass is 31.2. The number of esters is 1. The average Bonchev–Trinajstić information content (AvgIpc) is 3.22. The normalized spacial score (nSPS) is 13.7. The van der Waals surface area contributed by atoms with Gasteiger partial charge in [0, 0.05) is 12.8 Å². The van der Waals surface area contributed by atoms with Crippen LogP contribution in [0.25, 0.3) is 0 Å². The van der Waals surface area contributed by atoms with Gasteiger partial charge in [-0.05, 0) is 38.5 Å². The smallest absolute Gasteiger partial charge is 0.472 e. The standard InChI is InChI=1S/C48H92NO10P/c1-3-5-7-9-11-13-15-17-18-19-20-21-22-23-24-25-26-28-29-31-33-35-37-39-46(51)49-45(48(53)54)43-59-60(55,56)58-42-44(50)41-57-47(52)40-38-36-34-32-30-27-16-14-12-10-8-6-4-2/h14,16,44-45,50H,3-13,15,17-43H2,1-2H3,(H,49,51)(H,53,54)(H,55,56)/b16-14-. The summed E-state index contributed by atoms with van der Waals surface area (Å²) in [6.45, 7) is 2.61. The molecule has 60 heavy (non-hydrogen) atoms. The molecule has 0 fully saturated rings. The fraction of sp³-hybridized carbons (Fsp3) is 0.896. The third-order valence-corrected chi connectivity index (χ3v) is 12.0. The van der Waals surface area contributed by atoms with Crippen LogP contribution in [0, 0.1) is 0 Å². The lowest BCUT2D eigenvalue weighted by molar-refractivity contribution is -0.147. The number of carbonyl (C=O) groups is 3. The summed E-state index contributed by atoms with van der Waals surface area (Å²) in [4.78, 5) is 46.0. The number of unbranched alkanes of at least 4 members (excludes halogenated alkanes) is 31. The minimum absolute atomic E-state index is 0.151. The molecule has 12 heteroatoms. The first-order chi connectivity index (χ1) is 29.1. The maximum absolute atomic E-state index is 12.4. The van der Waals surface area contributed by atoms with Crippen LogP contribution >= 0.6 is 7.82 Å². The number of amides is 1. The molecule has 0 aromatic carbocycles. The number of aliphatic carboxylic acids is 1. The predicted octanol–water partition coefficient (Wildman–Crippen LogP) is 13.2. The van der Waals surface area contributed by atoms with Crippen molar-refractivity contribution in [2.45, 2.75) is 257 Å². The first-order valence-corrected chi connectivity index (χ1v) is 26.2. The Kier molecular flexibility index (Phi) is 42.6. The van der Waals surface area contributed by atoms with Gasteiger partial charge in [0.15, 0.2) is 6.04 Å². The van der Waals surface area contributed by atoms with Crippen LogP contribution in [0.15, 0.2) is 12.2 Å². The number of ether oxygens (including phenoxy) is 1. The second kappa shape index (κ2) is 43.9. The number of hydrogen-bond acceptors (Lipinski definition) is 8. The maximum atomic E-state index is 12.4. The van der Waals surface area contributed by atoms with E-state index in [4.69, 9.17) is 13.8 Å². The second-order valence-electron chi connectivity index (χ2n) is 17.0. The molecule has 11 nitrogen and oxygen atoms in total. The molecule has 0 spiro atoms. The summed E-state index contributed by atoms with van der Waals surface area (Å²) in [5.41, 5.74) is 0. The largest absolute Gasteiger partial charge is 0.480 e. The van der Waals surface area contributed by atoms with Crippen LogP contribution in [0.5, 0.6) is 0 Å². The van der Waals surface area contributed by atoms with E-state index in [0.29, 0.717) is 12.8 Å². The van der Waals surface area contributed by atoms with Crippen molar-refractivity contribution in [2.75, 3.05) is 19.8 Å². The number of carbonyl (C=O) groups excluding carboxylic acids is 2. The van der Waals surface area contributed by atoms with Gasteiger partial charge in [0.25, 0.3) is 0 Å². The minimum atomic E-state index is -4.75. The van der Waals surface area contributed by atoms with Gasteiger partial charge in [-0.25, -0.2) is 9.36 Å². The van der Waals surface area contributed by atoms with Crippen LogP contribution in [0.4, 0.5) is 0 Å². The molecule has 0 aliphatic rings. The highest BCUT2D eigenvalue weighted by Crippen LogP contribution is 2.43. The van der Waals surface area contributed by atoms with Gasteiger partial charge >= 0.3 is 19.8 Å². The Morgan fingerprint density at radius 3 is 1.28 bits per heavy atom. The summed E-state index contributed by atoms with van der Waals surface area (Å²) in [5.74, 6) is -2.36. The van der Waals surface area contributed by atoms with Crippen molar-refractivity contribution in [1.29, 1.82) is 0 Å². The highest BCUT2D eigenvalue weighted by Gasteiger charge is 2.28. The Morgan fingerprint density at radius 1 is 0.517 bits per heavy atom. The number of phosphoric ester groups is 1. The summed E-state index contributed by atoms with van der Waals surface area (Å²) in [5, 5.41) is 21.9. The van der Waals surface area contributed by atoms with E-state index in [-0.39, 0.29) is 12.8 Å². The molecule has 0 aromatic rings. The number of aliphatic hydroxyl groups is 1. The zero-order valence-electron chi connectivity index (χ0n) is 38.5. The molecule has 0 aliphatic carbocycles. The number of nitrogens with one attached hydrogen (secondary N) is 1. The molecule has 0 radical (unpaired) electrons. The summed E-state index contributed by atoms with van der Waals surface area (Å²) >= 11 is 0. The van der Waals surface area contributed by atoms with Crippen molar-refractivity contribution in [3.8, 4) is 0 Å². The van der Waals surface area contributed by atoms with Crippen molar-refractivity contribution in [3.63, 3.8) is 0 Å². The number of aliphatic hydroxyl groups excluding tert-OH is 1. The summed E-state index contributed by atoms with van der Waals surface area (Å²) in [6, 6.07) is -1.54. The molecule has 4 N–H and O–H groups in total. The maximum Gasteiger partial charge on any atom is 0.472 e. The lowest BCUT2D eigenvalue weighted by Gasteiger charge is -2.18. The fourth-order valence-corrected chi connectivity index (χ4v) is 7.97. The van der Waals surface area contributed by atoms with Crippen molar-refractivity contribution in [3.05, 3.63) is 12.2 Å². The summed E-state index contributed by atoms with van der Waals surface area (Å²) < 4.78 is 26.9. The van der Waals surface area contributed by atoms with Crippen molar-refractivity contribution >= 4 is 25.7 Å². The molecule has 0 heterocycles. The van der Waals surface area contributed by atoms with Crippen LogP contribution in [0.1, 0.15) is 245 Å². The number of phosphoric acid groups is 1. The van der Waals surface area contributed by atoms with E-state index < -0.39 is 57.6 Å². The topological polar surface area (TPSA) is 169 Å². The molecule has 0 rings (SSSR count). The Bertz CT molecular complexity index is 1070. The van der Waals surface area contributed by atoms with Gasteiger partial charge in [-0.2, -0.15) is 0 Å². The number of allylic oxidation sites excluding steroid dienone is 2. The highest BCUT2D eigenvalue weighted by molar-refractivity contribution is 7.47. The monoisotopic (exact) mass is 874 g/mol. The van der Waals surface area contributed by atoms with Crippen molar-refractivity contribution < 1.29 is 47.8 Å². The molecule has 3 unspecified atom stereocenters. The van der Waals surface area contributed by atoms with Gasteiger partial charge in [-0.1, -0.05) is 206 Å². The second-order valence-corrected chi connectivity index (χ2v) is 18.5. The zero-order chi connectivity index (χ0) is 44.2. The lowest BCUT2D eigenvalue weighted by atomic mass is 10.0. The third-order valence-electron chi connectivity index (χ3n) is 11.1. The Balaban J connectivity index is 3.80. The van der Waals surface area contributed by atoms with Crippen LogP contribution in [-0.4, -0.2) is 64.9 Å². The van der Waals surface area contributed by atoms with Crippen LogP contribution in [-0.2, 0) is 32.7 Å². The molecule has 0 aromatic heterocycles. The van der Waals surface area contributed by atoms with Crippen molar-refractivity contribution in [2.24, 2.45) is 0 Å². The van der Waals surface area contributed by atoms with E-state index in [0.717, 1.165) is 57.8 Å². The van der Waals surface area contributed by atoms with E-state index >= 15 is 0 Å². The number of hydrogen-bond donors (Lipinski definition) is 4. The SMILES string of the molecule is CCCCCC/C=C\CCCCCCCC(=O)OCC(O)COP(=O)(O)OCC(NC(=O)CCCCCCCCCCCCCCCCCCCCCCCCC)C(=O)O. The molecule has 3 atom stereocenters. The average molecular weight is 874 g/mol. The van der Waals surface area contributed by atoms with Gasteiger partial charge < -0.3 is 25.2 Å². The van der Waals surface area contributed by atoms with Crippen molar-refractivity contribution in [1.82, 2.24) is 5.32 Å². The minimum Gasteiger partial charge on any atom is -0.480 e. The van der Waals surface area contributed by atoms with Crippen LogP contribution in [0.2, 0.25) is 0 Å². The lowest BCUT2D eigenvalue weighted by Crippen LogP contribution is -2.43. The Morgan fingerprint density at radius 2 is 0.867 bits per heavy atom. The zero-order valence-corrected chi connectivity index (χ0v) is 39.4. The van der Waals surface area contributed by atoms with Gasteiger partial charge in [0.05, 0.1) is 13.2 Å². The van der Waals surface area contributed by atoms with E-state index in [2.05, 4.69) is 31.3 Å². The summed E-state index contributed by atoms with van der Waals surface area (Å²) in [7, 11) is -4.75. The van der Waals surface area contributed by atoms with Gasteiger partial charge in [-0.3, -0.25) is 18.6 Å². The molecule has 0 aliphatic heterocycles. The van der Waals surface area contributed by atoms with E-state index in [1.165, 1.54) is 148 Å². The molecule has 0 saturated heterocycles. The van der Waals surface area contributed by atoms with Gasteiger partial charge in [-0.15, -0.1) is 0 Å². The Labute approximate surface area is 367 Å². The quantitative estimate of drug-likeness (QED) is 0.0200. The fourth-order valence-electron chi connectivity index (χ4n) is 7.19. The summed E-state index contributed by atoms with van der Waals surface area (Å²) in [6.07, 6.45) is 45.3. The molecular formula is C48H92NO10P. The molecular weight excluding hydrogens is 781 g/mol. The van der Waals surface area contributed by atoms with E-state index in [1.54, 1.807) is 0 Å². The van der Waals surface area contributed by atoms with E-state index in [1.807, 2.05) is 0 Å². The first kappa shape index (κ1) is 58.2.